The predicted octanol–water partition coefficient (Wildman–Crippen LogP) is 1.04. The highest BCUT2D eigenvalue weighted by molar-refractivity contribution is 5.34. The molecule has 0 aromatic carbocycles. The first kappa shape index (κ1) is 5.68. The molecule has 0 saturated heterocycles. The maximum atomic E-state index is 5.10. The number of nitrogens with one attached hydrogen (secondary N) is 1. The van der Waals surface area contributed by atoms with Crippen molar-refractivity contribution in [1.82, 2.24) is 10.5 Å². The van der Waals surface area contributed by atoms with E-state index in [9.17, 15) is 0 Å². The maximum Gasteiger partial charge on any atom is 0.170 e. The first-order valence-electron chi connectivity index (χ1n) is 3.24. The molecule has 0 spiro atoms. The van der Waals surface area contributed by atoms with Crippen molar-refractivity contribution in [2.24, 2.45) is 0 Å². The van der Waals surface area contributed by atoms with Gasteiger partial charge in [0.25, 0.3) is 0 Å². The molecule has 1 aromatic rings. The lowest BCUT2D eigenvalue weighted by molar-refractivity contribution is 0.200. The van der Waals surface area contributed by atoms with Gasteiger partial charge in [-0.2, -0.15) is 0 Å². The highest BCUT2D eigenvalue weighted by Crippen LogP contribution is 2.28. The summed E-state index contributed by atoms with van der Waals surface area (Å²) in [6, 6.07) is 2.25. The fourth-order valence-corrected chi connectivity index (χ4v) is 1.05. The molecular formula is C7H8N2O. The molecule has 0 bridgehead atoms. The molecule has 1 N–H and O–H groups in total. The number of pyridine rings is 1. The van der Waals surface area contributed by atoms with Crippen LogP contribution in [0.5, 0.6) is 5.75 Å². The average Bonchev–Trinajstić information content (AvgIpc) is 2.34. The van der Waals surface area contributed by atoms with E-state index in [-0.39, 0.29) is 6.04 Å². The van der Waals surface area contributed by atoms with Crippen LogP contribution in [0.4, 0.5) is 0 Å². The fraction of sp³-hybridized carbons (Fsp3) is 0.286. The second-order valence-corrected chi connectivity index (χ2v) is 2.36. The van der Waals surface area contributed by atoms with Gasteiger partial charge in [0.15, 0.2) is 5.75 Å². The van der Waals surface area contributed by atoms with E-state index in [1.165, 1.54) is 5.56 Å². The summed E-state index contributed by atoms with van der Waals surface area (Å²) in [5.41, 5.74) is 4.02. The monoisotopic (exact) mass is 136 g/mol. The number of aromatic nitrogens is 1. The van der Waals surface area contributed by atoms with Crippen LogP contribution in [0.25, 0.3) is 0 Å². The Hall–Kier alpha value is -1.09. The van der Waals surface area contributed by atoms with E-state index in [1.807, 2.05) is 13.0 Å². The highest BCUT2D eigenvalue weighted by atomic mass is 16.7. The molecule has 0 radical (unpaired) electrons. The van der Waals surface area contributed by atoms with Gasteiger partial charge in [-0.3, -0.25) is 4.98 Å². The van der Waals surface area contributed by atoms with Gasteiger partial charge >= 0.3 is 0 Å². The van der Waals surface area contributed by atoms with Gasteiger partial charge < -0.3 is 4.84 Å². The van der Waals surface area contributed by atoms with Gasteiger partial charge in [0.2, 0.25) is 0 Å². The third kappa shape index (κ3) is 0.675. The lowest BCUT2D eigenvalue weighted by atomic mass is 10.1. The van der Waals surface area contributed by atoms with Crippen LogP contribution >= 0.6 is 0 Å². The minimum Gasteiger partial charge on any atom is -0.406 e. The first-order chi connectivity index (χ1) is 4.88. The lowest BCUT2D eigenvalue weighted by Gasteiger charge is -1.96. The largest absolute Gasteiger partial charge is 0.406 e. The molecule has 0 fully saturated rings. The minimum absolute atomic E-state index is 0.290. The Morgan fingerprint density at radius 3 is 3.40 bits per heavy atom. The number of hydrogen-bond acceptors (Lipinski definition) is 3. The van der Waals surface area contributed by atoms with E-state index >= 15 is 0 Å². The van der Waals surface area contributed by atoms with Crippen molar-refractivity contribution in [1.29, 1.82) is 0 Å². The SMILES string of the molecule is CC1NOc2cnccc21. The second kappa shape index (κ2) is 1.95. The quantitative estimate of drug-likeness (QED) is 0.578. The van der Waals surface area contributed by atoms with E-state index in [1.54, 1.807) is 12.4 Å². The molecule has 1 aliphatic rings. The number of rotatable bonds is 0. The van der Waals surface area contributed by atoms with Crippen LogP contribution in [-0.4, -0.2) is 4.98 Å². The van der Waals surface area contributed by atoms with E-state index in [4.69, 9.17) is 4.84 Å². The fourth-order valence-electron chi connectivity index (χ4n) is 1.05. The van der Waals surface area contributed by atoms with Crippen LogP contribution < -0.4 is 10.3 Å². The molecular weight excluding hydrogens is 128 g/mol. The van der Waals surface area contributed by atoms with Gasteiger partial charge in [-0.05, 0) is 13.0 Å². The Morgan fingerprint density at radius 2 is 2.60 bits per heavy atom. The van der Waals surface area contributed by atoms with Crippen LogP contribution in [0.1, 0.15) is 18.5 Å². The normalized spacial score (nSPS) is 21.9. The van der Waals surface area contributed by atoms with Crippen LogP contribution in [0.15, 0.2) is 18.5 Å². The third-order valence-corrected chi connectivity index (χ3v) is 1.63. The van der Waals surface area contributed by atoms with Crippen molar-refractivity contribution in [3.63, 3.8) is 0 Å². The molecule has 3 heteroatoms. The van der Waals surface area contributed by atoms with Crippen molar-refractivity contribution >= 4 is 0 Å². The minimum atomic E-state index is 0.290. The molecule has 1 unspecified atom stereocenters. The molecule has 2 rings (SSSR count). The summed E-state index contributed by atoms with van der Waals surface area (Å²) in [6.45, 7) is 2.05. The summed E-state index contributed by atoms with van der Waals surface area (Å²) in [5, 5.41) is 0. The molecule has 1 aliphatic heterocycles. The Labute approximate surface area is 59.0 Å². The molecule has 0 saturated carbocycles. The zero-order valence-electron chi connectivity index (χ0n) is 5.66. The molecule has 52 valence electrons. The van der Waals surface area contributed by atoms with E-state index < -0.39 is 0 Å². The van der Waals surface area contributed by atoms with Gasteiger partial charge in [-0.15, -0.1) is 5.48 Å². The lowest BCUT2D eigenvalue weighted by Crippen LogP contribution is -2.12. The van der Waals surface area contributed by atoms with Crippen molar-refractivity contribution in [2.75, 3.05) is 0 Å². The number of hydroxylamine groups is 1. The van der Waals surface area contributed by atoms with Gasteiger partial charge in [0, 0.05) is 11.8 Å². The Bertz CT molecular complexity index is 249. The van der Waals surface area contributed by atoms with Crippen LogP contribution in [0.2, 0.25) is 0 Å². The smallest absolute Gasteiger partial charge is 0.170 e. The topological polar surface area (TPSA) is 34.1 Å². The van der Waals surface area contributed by atoms with Crippen molar-refractivity contribution in [3.05, 3.63) is 24.0 Å². The van der Waals surface area contributed by atoms with Crippen molar-refractivity contribution < 1.29 is 4.84 Å². The summed E-state index contributed by atoms with van der Waals surface area (Å²) in [7, 11) is 0. The number of hydrogen-bond donors (Lipinski definition) is 1. The molecule has 1 aromatic heterocycles. The summed E-state index contributed by atoms with van der Waals surface area (Å²) >= 11 is 0. The second-order valence-electron chi connectivity index (χ2n) is 2.36. The number of fused-ring (bicyclic) bond motifs is 1. The Balaban J connectivity index is 2.51. The van der Waals surface area contributed by atoms with E-state index in [0.29, 0.717) is 0 Å². The van der Waals surface area contributed by atoms with Gasteiger partial charge in [-0.1, -0.05) is 0 Å². The van der Waals surface area contributed by atoms with Gasteiger partial charge in [0.1, 0.15) is 0 Å². The van der Waals surface area contributed by atoms with Gasteiger partial charge in [0.05, 0.1) is 12.2 Å². The van der Waals surface area contributed by atoms with Crippen molar-refractivity contribution in [2.45, 2.75) is 13.0 Å². The van der Waals surface area contributed by atoms with Crippen LogP contribution in [-0.2, 0) is 0 Å². The Kier molecular flexibility index (Phi) is 1.11. The van der Waals surface area contributed by atoms with Crippen LogP contribution in [0.3, 0.4) is 0 Å². The molecule has 0 amide bonds. The predicted molar refractivity (Wildman–Crippen MR) is 36.4 cm³/mol. The first-order valence-corrected chi connectivity index (χ1v) is 3.24. The molecule has 10 heavy (non-hydrogen) atoms. The summed E-state index contributed by atoms with van der Waals surface area (Å²) in [5.74, 6) is 0.843. The van der Waals surface area contributed by atoms with E-state index in [0.717, 1.165) is 5.75 Å². The van der Waals surface area contributed by atoms with Gasteiger partial charge in [-0.25, -0.2) is 0 Å². The molecule has 3 nitrogen and oxygen atoms in total. The number of nitrogens with zero attached hydrogens (tertiary/aromatic N) is 1. The maximum absolute atomic E-state index is 5.10. The van der Waals surface area contributed by atoms with E-state index in [2.05, 4.69) is 10.5 Å². The van der Waals surface area contributed by atoms with Crippen LogP contribution in [0, 0.1) is 0 Å². The standard InChI is InChI=1S/C7H8N2O/c1-5-6-2-3-8-4-7(6)10-9-5/h2-5,9H,1H3. The average molecular weight is 136 g/mol. The highest BCUT2D eigenvalue weighted by Gasteiger charge is 2.18. The zero-order valence-corrected chi connectivity index (χ0v) is 5.66. The Morgan fingerprint density at radius 1 is 1.70 bits per heavy atom. The molecule has 0 aliphatic carbocycles. The summed E-state index contributed by atoms with van der Waals surface area (Å²) in [4.78, 5) is 9.02. The molecule has 1 atom stereocenters. The summed E-state index contributed by atoms with van der Waals surface area (Å²) in [6.07, 6.45) is 3.48. The molecule has 2 heterocycles. The zero-order chi connectivity index (χ0) is 6.97. The summed E-state index contributed by atoms with van der Waals surface area (Å²) < 4.78 is 0. The van der Waals surface area contributed by atoms with Crippen molar-refractivity contribution in [3.8, 4) is 5.75 Å². The third-order valence-electron chi connectivity index (χ3n) is 1.63.